The molecule has 2 heterocycles. The summed E-state index contributed by atoms with van der Waals surface area (Å²) < 4.78 is 16.2. The van der Waals surface area contributed by atoms with Crippen molar-refractivity contribution >= 4 is 0 Å². The minimum atomic E-state index is -0.650. The first kappa shape index (κ1) is 22.1. The third kappa shape index (κ3) is 9.65. The van der Waals surface area contributed by atoms with Gasteiger partial charge in [-0.05, 0) is 19.3 Å². The Hall–Kier alpha value is -0.200. The van der Waals surface area contributed by atoms with Gasteiger partial charge < -0.3 is 25.1 Å². The third-order valence-electron chi connectivity index (χ3n) is 5.52. The fourth-order valence-electron chi connectivity index (χ4n) is 3.57. The van der Waals surface area contributed by atoms with Crippen molar-refractivity contribution in [2.24, 2.45) is 5.73 Å². The van der Waals surface area contributed by atoms with E-state index in [1.165, 1.54) is 70.6 Å². The fraction of sp³-hybridized carbons (Fsp3) is 1.00. The summed E-state index contributed by atoms with van der Waals surface area (Å²) in [6.07, 6.45) is 17.4. The van der Waals surface area contributed by atoms with Crippen molar-refractivity contribution in [3.05, 3.63) is 0 Å². The van der Waals surface area contributed by atoms with E-state index in [2.05, 4.69) is 6.92 Å². The zero-order valence-corrected chi connectivity index (χ0v) is 16.7. The van der Waals surface area contributed by atoms with Gasteiger partial charge in [0, 0.05) is 12.6 Å². The first-order chi connectivity index (χ1) is 12.7. The van der Waals surface area contributed by atoms with E-state index in [0.29, 0.717) is 0 Å². The Morgan fingerprint density at radius 3 is 1.96 bits per heavy atom. The van der Waals surface area contributed by atoms with Crippen molar-refractivity contribution in [2.75, 3.05) is 6.61 Å². The molecule has 0 aromatic carbocycles. The molecule has 0 radical (unpaired) electrons. The van der Waals surface area contributed by atoms with Crippen molar-refractivity contribution < 1.29 is 19.3 Å². The molecule has 26 heavy (non-hydrogen) atoms. The Labute approximate surface area is 160 Å². The molecule has 2 aliphatic rings. The van der Waals surface area contributed by atoms with E-state index in [1.807, 2.05) is 0 Å². The van der Waals surface area contributed by atoms with Gasteiger partial charge in [-0.1, -0.05) is 77.6 Å². The standard InChI is InChI=1S/C21H41NO4/c1-2-3-4-5-6-7-8-9-10-11-12-13-16-24-21-18(25-21)15-14-17(22)19-20(23)26-19/h17-21,23H,2-16,22H2,1H3. The number of hydrogen-bond donors (Lipinski definition) is 2. The Morgan fingerprint density at radius 1 is 0.885 bits per heavy atom. The SMILES string of the molecule is CCCCCCCCCCCCCCOC1OC1CCC(N)C1OC1O. The normalized spacial score (nSPS) is 28.3. The molecule has 3 N–H and O–H groups in total. The molecule has 0 aromatic heterocycles. The van der Waals surface area contributed by atoms with Crippen molar-refractivity contribution in [1.29, 1.82) is 0 Å². The summed E-state index contributed by atoms with van der Waals surface area (Å²) >= 11 is 0. The molecule has 0 aliphatic carbocycles. The molecule has 0 spiro atoms. The number of nitrogens with two attached hydrogens (primary N) is 1. The number of hydrogen-bond acceptors (Lipinski definition) is 5. The third-order valence-corrected chi connectivity index (χ3v) is 5.52. The molecule has 5 heteroatoms. The van der Waals surface area contributed by atoms with E-state index in [9.17, 15) is 0 Å². The van der Waals surface area contributed by atoms with Crippen LogP contribution in [-0.4, -0.2) is 42.5 Å². The van der Waals surface area contributed by atoms with E-state index in [0.717, 1.165) is 25.9 Å². The molecule has 5 nitrogen and oxygen atoms in total. The van der Waals surface area contributed by atoms with Crippen LogP contribution in [0, 0.1) is 0 Å². The smallest absolute Gasteiger partial charge is 0.184 e. The zero-order chi connectivity index (χ0) is 18.6. The van der Waals surface area contributed by atoms with Gasteiger partial charge in [0.05, 0.1) is 0 Å². The van der Waals surface area contributed by atoms with Gasteiger partial charge in [-0.3, -0.25) is 0 Å². The van der Waals surface area contributed by atoms with Crippen LogP contribution in [0.3, 0.4) is 0 Å². The number of epoxide rings is 2. The molecule has 0 saturated carbocycles. The Balaban J connectivity index is 1.26. The second kappa shape index (κ2) is 13.1. The van der Waals surface area contributed by atoms with Gasteiger partial charge >= 0.3 is 0 Å². The molecular weight excluding hydrogens is 330 g/mol. The van der Waals surface area contributed by atoms with Gasteiger partial charge in [0.2, 0.25) is 0 Å². The lowest BCUT2D eigenvalue weighted by atomic mass is 10.1. The number of rotatable bonds is 18. The molecular formula is C21H41NO4. The van der Waals surface area contributed by atoms with Crippen LogP contribution in [0.25, 0.3) is 0 Å². The molecule has 2 saturated heterocycles. The summed E-state index contributed by atoms with van der Waals surface area (Å²) in [6.45, 7) is 3.07. The summed E-state index contributed by atoms with van der Waals surface area (Å²) in [5.41, 5.74) is 5.94. The highest BCUT2D eigenvalue weighted by Crippen LogP contribution is 2.31. The predicted octanol–water partition coefficient (Wildman–Crippen LogP) is 4.25. The molecule has 2 aliphatic heterocycles. The predicted molar refractivity (Wildman–Crippen MR) is 104 cm³/mol. The number of aliphatic hydroxyl groups is 1. The van der Waals surface area contributed by atoms with Gasteiger partial charge in [-0.15, -0.1) is 0 Å². The van der Waals surface area contributed by atoms with Crippen LogP contribution >= 0.6 is 0 Å². The van der Waals surface area contributed by atoms with Gasteiger partial charge in [0.1, 0.15) is 12.2 Å². The fourth-order valence-corrected chi connectivity index (χ4v) is 3.57. The summed E-state index contributed by atoms with van der Waals surface area (Å²) in [7, 11) is 0. The Kier molecular flexibility index (Phi) is 11.1. The van der Waals surface area contributed by atoms with Crippen LogP contribution in [0.15, 0.2) is 0 Å². The minimum Gasteiger partial charge on any atom is -0.366 e. The van der Waals surface area contributed by atoms with Crippen LogP contribution in [0.2, 0.25) is 0 Å². The van der Waals surface area contributed by atoms with E-state index < -0.39 is 6.29 Å². The molecule has 0 aromatic rings. The maximum absolute atomic E-state index is 9.16. The highest BCUT2D eigenvalue weighted by atomic mass is 16.8. The van der Waals surface area contributed by atoms with Gasteiger partial charge in [-0.25, -0.2) is 0 Å². The molecule has 0 amide bonds. The lowest BCUT2D eigenvalue weighted by molar-refractivity contribution is 0.0478. The van der Waals surface area contributed by atoms with Crippen LogP contribution in [0.5, 0.6) is 0 Å². The van der Waals surface area contributed by atoms with Crippen molar-refractivity contribution in [2.45, 2.75) is 128 Å². The second-order valence-corrected chi connectivity index (χ2v) is 8.04. The summed E-state index contributed by atoms with van der Waals surface area (Å²) in [4.78, 5) is 0. The molecule has 2 fully saturated rings. The first-order valence-electron chi connectivity index (χ1n) is 11.1. The number of unbranched alkanes of at least 4 members (excludes halogenated alkanes) is 11. The van der Waals surface area contributed by atoms with Gasteiger partial charge in [0.15, 0.2) is 12.6 Å². The van der Waals surface area contributed by atoms with Gasteiger partial charge in [-0.2, -0.15) is 0 Å². The Morgan fingerprint density at radius 2 is 1.42 bits per heavy atom. The number of aliphatic hydroxyl groups excluding tert-OH is 1. The number of ether oxygens (including phenoxy) is 3. The van der Waals surface area contributed by atoms with Crippen LogP contribution in [-0.2, 0) is 14.2 Å². The molecule has 154 valence electrons. The van der Waals surface area contributed by atoms with Crippen LogP contribution < -0.4 is 5.73 Å². The molecule has 5 atom stereocenters. The summed E-state index contributed by atoms with van der Waals surface area (Å²) in [5.74, 6) is 0. The molecule has 0 bridgehead atoms. The first-order valence-corrected chi connectivity index (χ1v) is 11.1. The van der Waals surface area contributed by atoms with E-state index in [4.69, 9.17) is 25.1 Å². The van der Waals surface area contributed by atoms with E-state index in [1.54, 1.807) is 0 Å². The van der Waals surface area contributed by atoms with Crippen LogP contribution in [0.4, 0.5) is 0 Å². The van der Waals surface area contributed by atoms with Crippen LogP contribution in [0.1, 0.15) is 96.8 Å². The maximum Gasteiger partial charge on any atom is 0.184 e. The Bertz CT molecular complexity index is 355. The highest BCUT2D eigenvalue weighted by molar-refractivity contribution is 4.88. The quantitative estimate of drug-likeness (QED) is 0.278. The van der Waals surface area contributed by atoms with E-state index in [-0.39, 0.29) is 24.5 Å². The van der Waals surface area contributed by atoms with Gasteiger partial charge in [0.25, 0.3) is 0 Å². The minimum absolute atomic E-state index is 0.0278. The monoisotopic (exact) mass is 371 g/mol. The zero-order valence-electron chi connectivity index (χ0n) is 16.7. The lowest BCUT2D eigenvalue weighted by Crippen LogP contribution is -2.28. The largest absolute Gasteiger partial charge is 0.366 e. The average molecular weight is 372 g/mol. The average Bonchev–Trinajstić information content (AvgIpc) is 3.54. The summed E-state index contributed by atoms with van der Waals surface area (Å²) in [6, 6.07) is -0.0915. The lowest BCUT2D eigenvalue weighted by Gasteiger charge is -2.06. The van der Waals surface area contributed by atoms with Crippen molar-refractivity contribution in [3.63, 3.8) is 0 Å². The van der Waals surface area contributed by atoms with Crippen molar-refractivity contribution in [3.8, 4) is 0 Å². The second-order valence-electron chi connectivity index (χ2n) is 8.04. The van der Waals surface area contributed by atoms with Crippen molar-refractivity contribution in [1.82, 2.24) is 0 Å². The summed E-state index contributed by atoms with van der Waals surface area (Å²) in [5, 5.41) is 9.16. The molecule has 2 rings (SSSR count). The highest BCUT2D eigenvalue weighted by Gasteiger charge is 2.44. The molecule has 5 unspecified atom stereocenters. The van der Waals surface area contributed by atoms with E-state index >= 15 is 0 Å². The topological polar surface area (TPSA) is 80.5 Å². The maximum atomic E-state index is 9.16.